The van der Waals surface area contributed by atoms with Gasteiger partial charge in [0, 0.05) is 49.0 Å². The molecule has 1 aromatic heterocycles. The van der Waals surface area contributed by atoms with Gasteiger partial charge in [0.05, 0.1) is 16.0 Å². The average Bonchev–Trinajstić information content (AvgIpc) is 2.76. The summed E-state index contributed by atoms with van der Waals surface area (Å²) in [6.07, 6.45) is 3.37. The predicted molar refractivity (Wildman–Crippen MR) is 118 cm³/mol. The molecule has 1 saturated heterocycles. The Kier molecular flexibility index (Phi) is 5.66. The number of hydrogen-bond donors (Lipinski definition) is 0. The number of fused-ring (bicyclic) bond motifs is 1. The lowest BCUT2D eigenvalue weighted by atomic mass is 10.0. The minimum absolute atomic E-state index is 0.0324. The molecule has 1 aliphatic rings. The molecule has 0 spiro atoms. The number of para-hydroxylation sites is 1. The maximum atomic E-state index is 11.7. The lowest BCUT2D eigenvalue weighted by molar-refractivity contribution is -0.383. The lowest BCUT2D eigenvalue weighted by Crippen LogP contribution is -2.56. The maximum Gasteiger partial charge on any atom is 0.302 e. The highest BCUT2D eigenvalue weighted by atomic mass is 16.6. The summed E-state index contributed by atoms with van der Waals surface area (Å²) in [6.45, 7) is 6.24. The summed E-state index contributed by atoms with van der Waals surface area (Å²) >= 11 is 0. The SMILES string of the molecule is C[C@H]1CN(c2cccc(N=[N+]=[N-])c2[N+](=O)[O-])C[C@H](C)N1Cc1ccc2nccnc2c1. The Morgan fingerprint density at radius 3 is 2.55 bits per heavy atom. The lowest BCUT2D eigenvalue weighted by Gasteiger charge is -2.45. The minimum atomic E-state index is -0.475. The Balaban J connectivity index is 1.57. The van der Waals surface area contributed by atoms with Crippen LogP contribution in [0, 0.1) is 10.1 Å². The molecule has 2 atom stereocenters. The molecule has 3 aromatic rings. The van der Waals surface area contributed by atoms with Gasteiger partial charge in [-0.15, -0.1) is 0 Å². The fourth-order valence-corrected chi connectivity index (χ4v) is 4.27. The molecule has 158 valence electrons. The van der Waals surface area contributed by atoms with Crippen LogP contribution in [0.2, 0.25) is 0 Å². The largest absolute Gasteiger partial charge is 0.363 e. The monoisotopic (exact) mass is 418 g/mol. The molecule has 1 aliphatic heterocycles. The van der Waals surface area contributed by atoms with Gasteiger partial charge in [0.25, 0.3) is 0 Å². The first-order chi connectivity index (χ1) is 15.0. The first-order valence-corrected chi connectivity index (χ1v) is 10.0. The smallest absolute Gasteiger partial charge is 0.302 e. The Morgan fingerprint density at radius 2 is 1.87 bits per heavy atom. The normalized spacial score (nSPS) is 19.2. The van der Waals surface area contributed by atoms with Gasteiger partial charge in [0.1, 0.15) is 11.4 Å². The topological polar surface area (TPSA) is 124 Å². The van der Waals surface area contributed by atoms with E-state index in [0.29, 0.717) is 18.8 Å². The third-order valence-corrected chi connectivity index (χ3v) is 5.67. The van der Waals surface area contributed by atoms with Crippen molar-refractivity contribution in [2.75, 3.05) is 18.0 Å². The number of anilines is 1. The van der Waals surface area contributed by atoms with Gasteiger partial charge in [0.2, 0.25) is 0 Å². The molecular weight excluding hydrogens is 396 g/mol. The zero-order valence-corrected chi connectivity index (χ0v) is 17.3. The van der Waals surface area contributed by atoms with E-state index in [-0.39, 0.29) is 23.5 Å². The molecule has 4 rings (SSSR count). The molecule has 2 aromatic carbocycles. The Labute approximate surface area is 178 Å². The van der Waals surface area contributed by atoms with Gasteiger partial charge in [-0.05, 0) is 49.2 Å². The van der Waals surface area contributed by atoms with E-state index in [1.54, 1.807) is 24.5 Å². The van der Waals surface area contributed by atoms with E-state index in [4.69, 9.17) is 5.53 Å². The first kappa shape index (κ1) is 20.5. The summed E-state index contributed by atoms with van der Waals surface area (Å²) < 4.78 is 0. The Bertz CT molecular complexity index is 1170. The van der Waals surface area contributed by atoms with Crippen LogP contribution in [0.4, 0.5) is 17.1 Å². The number of rotatable bonds is 5. The molecule has 0 unspecified atom stereocenters. The average molecular weight is 418 g/mol. The van der Waals surface area contributed by atoms with E-state index >= 15 is 0 Å². The van der Waals surface area contributed by atoms with E-state index in [1.807, 2.05) is 11.0 Å². The van der Waals surface area contributed by atoms with E-state index < -0.39 is 4.92 Å². The molecule has 0 bridgehead atoms. The molecule has 1 fully saturated rings. The summed E-state index contributed by atoms with van der Waals surface area (Å²) in [4.78, 5) is 27.1. The van der Waals surface area contributed by atoms with Crippen LogP contribution in [0.3, 0.4) is 0 Å². The van der Waals surface area contributed by atoms with Crippen LogP contribution in [0.5, 0.6) is 0 Å². The fraction of sp³-hybridized carbons (Fsp3) is 0.333. The van der Waals surface area contributed by atoms with Crippen molar-refractivity contribution < 1.29 is 4.92 Å². The maximum absolute atomic E-state index is 11.7. The number of nitrogens with zero attached hydrogens (tertiary/aromatic N) is 8. The first-order valence-electron chi connectivity index (χ1n) is 10.0. The standard InChI is InChI=1S/C21H22N8O2/c1-14-11-27(20-5-3-4-18(25-26-22)21(20)29(30)31)12-15(2)28(14)13-16-6-7-17-19(10-16)24-9-8-23-17/h3-10,14-15H,11-13H2,1-2H3/t14-,15-/m0/s1. The molecule has 31 heavy (non-hydrogen) atoms. The number of hydrogen-bond acceptors (Lipinski definition) is 7. The van der Waals surface area contributed by atoms with Crippen LogP contribution in [0.1, 0.15) is 19.4 Å². The van der Waals surface area contributed by atoms with Crippen LogP contribution < -0.4 is 4.90 Å². The molecule has 10 nitrogen and oxygen atoms in total. The second-order valence-electron chi connectivity index (χ2n) is 7.75. The van der Waals surface area contributed by atoms with E-state index in [0.717, 1.165) is 23.1 Å². The number of nitro groups is 1. The Morgan fingerprint density at radius 1 is 1.16 bits per heavy atom. The van der Waals surface area contributed by atoms with Crippen molar-refractivity contribution in [3.8, 4) is 0 Å². The summed E-state index contributed by atoms with van der Waals surface area (Å²) in [7, 11) is 0. The highest BCUT2D eigenvalue weighted by Crippen LogP contribution is 2.39. The van der Waals surface area contributed by atoms with E-state index in [1.165, 1.54) is 6.07 Å². The van der Waals surface area contributed by atoms with E-state index in [9.17, 15) is 10.1 Å². The highest BCUT2D eigenvalue weighted by Gasteiger charge is 2.33. The molecule has 0 N–H and O–H groups in total. The van der Waals surface area contributed by atoms with Gasteiger partial charge in [0.15, 0.2) is 0 Å². The summed E-state index contributed by atoms with van der Waals surface area (Å²) in [5, 5.41) is 15.2. The van der Waals surface area contributed by atoms with E-state index in [2.05, 4.69) is 50.9 Å². The van der Waals surface area contributed by atoms with Crippen LogP contribution in [0.15, 0.2) is 53.9 Å². The molecule has 0 saturated carbocycles. The summed E-state index contributed by atoms with van der Waals surface area (Å²) in [6, 6.07) is 11.3. The zero-order valence-electron chi connectivity index (χ0n) is 17.3. The van der Waals surface area contributed by atoms with Crippen molar-refractivity contribution in [3.05, 3.63) is 74.9 Å². The van der Waals surface area contributed by atoms with Crippen molar-refractivity contribution in [2.24, 2.45) is 5.11 Å². The zero-order chi connectivity index (χ0) is 22.0. The van der Waals surface area contributed by atoms with Gasteiger partial charge in [-0.3, -0.25) is 25.0 Å². The molecule has 0 amide bonds. The second kappa shape index (κ2) is 8.55. The third-order valence-electron chi connectivity index (χ3n) is 5.67. The van der Waals surface area contributed by atoms with Gasteiger partial charge in [-0.1, -0.05) is 17.2 Å². The number of piperazine rings is 1. The number of azide groups is 1. The predicted octanol–water partition coefficient (Wildman–Crippen LogP) is 4.58. The summed E-state index contributed by atoms with van der Waals surface area (Å²) in [5.41, 5.74) is 12.0. The van der Waals surface area contributed by atoms with Crippen molar-refractivity contribution in [1.29, 1.82) is 0 Å². The van der Waals surface area contributed by atoms with Gasteiger partial charge in [-0.2, -0.15) is 0 Å². The van der Waals surface area contributed by atoms with Crippen molar-refractivity contribution in [1.82, 2.24) is 14.9 Å². The van der Waals surface area contributed by atoms with Crippen molar-refractivity contribution in [3.63, 3.8) is 0 Å². The van der Waals surface area contributed by atoms with Crippen LogP contribution in [0.25, 0.3) is 21.5 Å². The van der Waals surface area contributed by atoms with Gasteiger partial charge in [-0.25, -0.2) is 0 Å². The van der Waals surface area contributed by atoms with Crippen LogP contribution in [-0.4, -0.2) is 45.0 Å². The van der Waals surface area contributed by atoms with Crippen molar-refractivity contribution >= 4 is 28.1 Å². The molecular formula is C21H22N8O2. The summed E-state index contributed by atoms with van der Waals surface area (Å²) in [5.74, 6) is 0. The van der Waals surface area contributed by atoms with Crippen LogP contribution >= 0.6 is 0 Å². The van der Waals surface area contributed by atoms with Gasteiger partial charge < -0.3 is 4.90 Å². The minimum Gasteiger partial charge on any atom is -0.363 e. The van der Waals surface area contributed by atoms with Gasteiger partial charge >= 0.3 is 5.69 Å². The number of nitro benzene ring substituents is 1. The highest BCUT2D eigenvalue weighted by molar-refractivity contribution is 5.75. The Hall–Kier alpha value is -3.75. The van der Waals surface area contributed by atoms with Crippen LogP contribution in [-0.2, 0) is 6.54 Å². The quantitative estimate of drug-likeness (QED) is 0.196. The molecule has 0 aliphatic carbocycles. The fourth-order valence-electron chi connectivity index (χ4n) is 4.27. The number of benzene rings is 2. The van der Waals surface area contributed by atoms with Crippen molar-refractivity contribution in [2.45, 2.75) is 32.5 Å². The molecule has 2 heterocycles. The third kappa shape index (κ3) is 4.11. The molecule has 10 heteroatoms. The second-order valence-corrected chi connectivity index (χ2v) is 7.75. The number of aromatic nitrogens is 2. The molecule has 0 radical (unpaired) electrons.